The number of nitro groups is 1. The van der Waals surface area contributed by atoms with E-state index in [0.717, 1.165) is 16.5 Å². The summed E-state index contributed by atoms with van der Waals surface area (Å²) in [6.45, 7) is 5.76. The summed E-state index contributed by atoms with van der Waals surface area (Å²) in [6, 6.07) is 16.6. The normalized spacial score (nSPS) is 14.6. The summed E-state index contributed by atoms with van der Waals surface area (Å²) < 4.78 is 17.1. The van der Waals surface area contributed by atoms with Crippen LogP contribution < -0.4 is 15.2 Å². The van der Waals surface area contributed by atoms with Crippen molar-refractivity contribution in [2.45, 2.75) is 26.7 Å². The second-order valence-electron chi connectivity index (χ2n) is 8.85. The Morgan fingerprint density at radius 2 is 1.86 bits per heavy atom. The fourth-order valence-corrected chi connectivity index (χ4v) is 4.48. The third-order valence-electron chi connectivity index (χ3n) is 6.55. The molecule has 2 heterocycles. The van der Waals surface area contributed by atoms with Gasteiger partial charge in [-0.2, -0.15) is 5.26 Å². The van der Waals surface area contributed by atoms with E-state index in [9.17, 15) is 20.2 Å². The summed E-state index contributed by atoms with van der Waals surface area (Å²) in [5.41, 5.74) is 10.5. The summed E-state index contributed by atoms with van der Waals surface area (Å²) in [4.78, 5) is 23.8. The minimum atomic E-state index is -0.692. The lowest BCUT2D eigenvalue weighted by molar-refractivity contribution is -0.384. The molecule has 1 unspecified atom stereocenters. The first-order valence-electron chi connectivity index (χ1n) is 11.4. The van der Waals surface area contributed by atoms with E-state index in [-0.39, 0.29) is 34.4 Å². The van der Waals surface area contributed by atoms with Gasteiger partial charge in [0.15, 0.2) is 0 Å². The highest BCUT2D eigenvalue weighted by Crippen LogP contribution is 2.44. The molecule has 0 spiro atoms. The van der Waals surface area contributed by atoms with E-state index in [1.807, 2.05) is 32.0 Å². The van der Waals surface area contributed by atoms with Gasteiger partial charge in [0, 0.05) is 34.7 Å². The van der Waals surface area contributed by atoms with Crippen LogP contribution in [0.4, 0.5) is 5.69 Å². The number of nitriles is 1. The van der Waals surface area contributed by atoms with Gasteiger partial charge in [0.1, 0.15) is 28.7 Å². The van der Waals surface area contributed by atoms with Crippen molar-refractivity contribution in [3.63, 3.8) is 0 Å². The first-order chi connectivity index (χ1) is 17.7. The minimum absolute atomic E-state index is 0.0966. The lowest BCUT2D eigenvalue weighted by Crippen LogP contribution is -2.21. The predicted molar refractivity (Wildman–Crippen MR) is 134 cm³/mol. The van der Waals surface area contributed by atoms with Gasteiger partial charge in [0.25, 0.3) is 5.69 Å². The number of hydrogen-bond acceptors (Lipinski definition) is 8. The lowest BCUT2D eigenvalue weighted by Gasteiger charge is -2.26. The van der Waals surface area contributed by atoms with Crippen LogP contribution in [0.3, 0.4) is 0 Å². The Hall–Kier alpha value is -5.10. The molecular formula is C28H21N3O6. The van der Waals surface area contributed by atoms with E-state index in [0.29, 0.717) is 22.3 Å². The monoisotopic (exact) mass is 495 g/mol. The number of carbonyl (C=O) groups is 1. The molecule has 9 heteroatoms. The maximum Gasteiger partial charge on any atom is 0.379 e. The average molecular weight is 495 g/mol. The minimum Gasteiger partial charge on any atom is -0.449 e. The number of rotatable bonds is 4. The highest BCUT2D eigenvalue weighted by Gasteiger charge is 2.32. The maximum atomic E-state index is 13.0. The van der Waals surface area contributed by atoms with Crippen molar-refractivity contribution in [2.24, 2.45) is 5.73 Å². The number of nitrogens with two attached hydrogens (primary N) is 1. The summed E-state index contributed by atoms with van der Waals surface area (Å²) in [7, 11) is 0. The maximum absolute atomic E-state index is 13.0. The molecule has 0 fully saturated rings. The van der Waals surface area contributed by atoms with Crippen LogP contribution in [-0.4, -0.2) is 10.9 Å². The van der Waals surface area contributed by atoms with E-state index in [1.165, 1.54) is 18.2 Å². The number of carbonyl (C=O) groups excluding carboxylic acids is 1. The molecule has 1 aliphatic heterocycles. The Kier molecular flexibility index (Phi) is 5.65. The number of hydrogen-bond donors (Lipinski definition) is 1. The zero-order valence-corrected chi connectivity index (χ0v) is 20.2. The molecule has 1 atom stereocenters. The van der Waals surface area contributed by atoms with Crippen LogP contribution in [0.5, 0.6) is 11.5 Å². The van der Waals surface area contributed by atoms with Crippen LogP contribution in [0.2, 0.25) is 0 Å². The number of allylic oxidation sites excluding steroid dienone is 1. The lowest BCUT2D eigenvalue weighted by atomic mass is 9.83. The number of nitrogens with zero attached hydrogens (tertiary/aromatic N) is 2. The molecule has 0 aliphatic carbocycles. The van der Waals surface area contributed by atoms with Crippen molar-refractivity contribution in [2.75, 3.05) is 0 Å². The first kappa shape index (κ1) is 23.6. The van der Waals surface area contributed by atoms with Gasteiger partial charge < -0.3 is 19.6 Å². The third kappa shape index (κ3) is 4.04. The third-order valence-corrected chi connectivity index (χ3v) is 6.55. The van der Waals surface area contributed by atoms with Crippen molar-refractivity contribution in [3.8, 4) is 17.6 Å². The van der Waals surface area contributed by atoms with Crippen molar-refractivity contribution in [1.82, 2.24) is 0 Å². The molecule has 4 aromatic rings. The average Bonchev–Trinajstić information content (AvgIpc) is 3.18. The van der Waals surface area contributed by atoms with E-state index in [1.54, 1.807) is 31.2 Å². The number of esters is 1. The highest BCUT2D eigenvalue weighted by molar-refractivity contribution is 5.97. The number of non-ortho nitro benzene ring substituents is 1. The molecule has 1 aliphatic rings. The van der Waals surface area contributed by atoms with Gasteiger partial charge in [-0.25, -0.2) is 4.79 Å². The van der Waals surface area contributed by atoms with Crippen molar-refractivity contribution in [3.05, 3.63) is 110 Å². The number of benzene rings is 3. The molecule has 9 nitrogen and oxygen atoms in total. The largest absolute Gasteiger partial charge is 0.449 e. The Morgan fingerprint density at radius 1 is 1.11 bits per heavy atom. The number of furan rings is 1. The van der Waals surface area contributed by atoms with E-state index < -0.39 is 16.8 Å². The molecule has 0 bridgehead atoms. The molecule has 0 radical (unpaired) electrons. The standard InChI is InChI=1S/C28H21N3O6/c1-14-9-21-16(3)26(36-23(21)10-15(14)2)28(32)35-19-7-8-20-24(12-19)37-27(30)22(13-29)25(20)17-5-4-6-18(11-17)31(33)34/h4-12,25H,30H2,1-3H3. The SMILES string of the molecule is Cc1cc2oc(C(=O)Oc3ccc4c(c3)OC(N)=C(C#N)C4c3cccc([N+](=O)[O-])c3)c(C)c2cc1C. The first-order valence-corrected chi connectivity index (χ1v) is 11.4. The van der Waals surface area contributed by atoms with Gasteiger partial charge in [0.05, 0.1) is 10.8 Å². The Morgan fingerprint density at radius 3 is 2.59 bits per heavy atom. The van der Waals surface area contributed by atoms with Crippen LogP contribution >= 0.6 is 0 Å². The smallest absolute Gasteiger partial charge is 0.379 e. The highest BCUT2D eigenvalue weighted by atomic mass is 16.6. The summed E-state index contributed by atoms with van der Waals surface area (Å²) in [5.74, 6) is -0.945. The molecule has 0 saturated carbocycles. The van der Waals surface area contributed by atoms with Crippen LogP contribution in [-0.2, 0) is 0 Å². The Balaban J connectivity index is 1.50. The van der Waals surface area contributed by atoms with Crippen LogP contribution in [0.1, 0.15) is 44.3 Å². The quantitative estimate of drug-likeness (QED) is 0.164. The van der Waals surface area contributed by atoms with Crippen molar-refractivity contribution in [1.29, 1.82) is 5.26 Å². The van der Waals surface area contributed by atoms with Crippen LogP contribution in [0.25, 0.3) is 11.0 Å². The molecule has 5 rings (SSSR count). The van der Waals surface area contributed by atoms with E-state index in [2.05, 4.69) is 0 Å². The van der Waals surface area contributed by atoms with E-state index in [4.69, 9.17) is 19.6 Å². The molecular weight excluding hydrogens is 474 g/mol. The van der Waals surface area contributed by atoms with Crippen LogP contribution in [0, 0.1) is 42.2 Å². The van der Waals surface area contributed by atoms with Gasteiger partial charge in [0.2, 0.25) is 11.6 Å². The van der Waals surface area contributed by atoms with Gasteiger partial charge >= 0.3 is 5.97 Å². The fourth-order valence-electron chi connectivity index (χ4n) is 4.48. The summed E-state index contributed by atoms with van der Waals surface area (Å²) in [5, 5.41) is 21.9. The summed E-state index contributed by atoms with van der Waals surface area (Å²) in [6.07, 6.45) is 0. The van der Waals surface area contributed by atoms with Gasteiger partial charge in [-0.05, 0) is 55.7 Å². The number of ether oxygens (including phenoxy) is 2. The van der Waals surface area contributed by atoms with Gasteiger partial charge in [-0.1, -0.05) is 18.2 Å². The second kappa shape index (κ2) is 8.84. The molecule has 37 heavy (non-hydrogen) atoms. The number of nitro benzene ring substituents is 1. The molecule has 0 amide bonds. The predicted octanol–water partition coefficient (Wildman–Crippen LogP) is 5.70. The van der Waals surface area contributed by atoms with Gasteiger partial charge in [-0.3, -0.25) is 10.1 Å². The number of fused-ring (bicyclic) bond motifs is 2. The van der Waals surface area contributed by atoms with Crippen molar-refractivity contribution < 1.29 is 23.6 Å². The molecule has 0 saturated heterocycles. The second-order valence-corrected chi connectivity index (χ2v) is 8.85. The van der Waals surface area contributed by atoms with E-state index >= 15 is 0 Å². The molecule has 2 N–H and O–H groups in total. The Bertz CT molecular complexity index is 1690. The van der Waals surface area contributed by atoms with Crippen molar-refractivity contribution >= 4 is 22.6 Å². The zero-order chi connectivity index (χ0) is 26.4. The number of aryl methyl sites for hydroxylation is 3. The molecule has 184 valence electrons. The fraction of sp³-hybridized carbons (Fsp3) is 0.143. The molecule has 1 aromatic heterocycles. The molecule has 3 aromatic carbocycles. The zero-order valence-electron chi connectivity index (χ0n) is 20.2. The topological polar surface area (TPSA) is 142 Å². The van der Waals surface area contributed by atoms with Gasteiger partial charge in [-0.15, -0.1) is 0 Å². The van der Waals surface area contributed by atoms with Crippen LogP contribution in [0.15, 0.2) is 70.5 Å². The Labute approximate surface area is 211 Å². The summed E-state index contributed by atoms with van der Waals surface area (Å²) >= 11 is 0.